The van der Waals surface area contributed by atoms with Gasteiger partial charge in [-0.15, -0.1) is 0 Å². The van der Waals surface area contributed by atoms with E-state index in [0.29, 0.717) is 35.4 Å². The second-order valence-corrected chi connectivity index (χ2v) is 8.44. The molecule has 0 saturated carbocycles. The Bertz CT molecular complexity index is 1040. The van der Waals surface area contributed by atoms with Crippen LogP contribution in [0.4, 0.5) is 5.69 Å². The Labute approximate surface area is 174 Å². The van der Waals surface area contributed by atoms with Crippen LogP contribution in [0, 0.1) is 12.3 Å². The van der Waals surface area contributed by atoms with Crippen molar-refractivity contribution in [3.8, 4) is 0 Å². The molecule has 29 heavy (non-hydrogen) atoms. The molecule has 0 spiro atoms. The van der Waals surface area contributed by atoms with Gasteiger partial charge in [-0.1, -0.05) is 26.0 Å². The van der Waals surface area contributed by atoms with Gasteiger partial charge in [0.1, 0.15) is 5.76 Å². The fourth-order valence-electron chi connectivity index (χ4n) is 3.55. The summed E-state index contributed by atoms with van der Waals surface area (Å²) in [7, 11) is 0. The Balaban J connectivity index is 1.95. The van der Waals surface area contributed by atoms with Gasteiger partial charge in [0.25, 0.3) is 5.91 Å². The minimum Gasteiger partial charge on any atom is -0.455 e. The van der Waals surface area contributed by atoms with Crippen LogP contribution < -0.4 is 16.5 Å². The average Bonchev–Trinajstić information content (AvgIpc) is 2.95. The Morgan fingerprint density at radius 3 is 2.66 bits per heavy atom. The molecule has 8 heteroatoms. The van der Waals surface area contributed by atoms with Crippen LogP contribution in [0.1, 0.15) is 65.0 Å². The number of anilines is 1. The summed E-state index contributed by atoms with van der Waals surface area (Å²) in [6, 6.07) is 6.79. The van der Waals surface area contributed by atoms with Crippen LogP contribution in [0.5, 0.6) is 0 Å². The number of fused-ring (bicyclic) bond motifs is 1. The van der Waals surface area contributed by atoms with Crippen molar-refractivity contribution in [2.45, 2.75) is 40.5 Å². The van der Waals surface area contributed by atoms with Crippen LogP contribution in [0.15, 0.2) is 33.8 Å². The number of nitrogens with zero attached hydrogens (tertiary/aromatic N) is 1. The van der Waals surface area contributed by atoms with E-state index in [0.717, 1.165) is 11.3 Å². The van der Waals surface area contributed by atoms with Crippen molar-refractivity contribution in [3.05, 3.63) is 52.5 Å². The van der Waals surface area contributed by atoms with E-state index < -0.39 is 0 Å². The van der Waals surface area contributed by atoms with E-state index in [2.05, 4.69) is 29.7 Å². The second-order valence-electron chi connectivity index (χ2n) is 8.00. The predicted octanol–water partition coefficient (Wildman–Crippen LogP) is 3.55. The molecule has 0 bridgehead atoms. The van der Waals surface area contributed by atoms with Gasteiger partial charge < -0.3 is 15.5 Å². The number of nitrogens with two attached hydrogens (primary N) is 1. The number of amides is 1. The van der Waals surface area contributed by atoms with Crippen LogP contribution in [0.25, 0.3) is 0 Å². The molecule has 1 aromatic heterocycles. The van der Waals surface area contributed by atoms with Crippen LogP contribution in [0.3, 0.4) is 0 Å². The van der Waals surface area contributed by atoms with Gasteiger partial charge >= 0.3 is 0 Å². The van der Waals surface area contributed by atoms with Gasteiger partial charge in [-0.05, 0) is 50.0 Å². The lowest BCUT2D eigenvalue weighted by atomic mass is 9.75. The van der Waals surface area contributed by atoms with Crippen molar-refractivity contribution in [2.24, 2.45) is 16.3 Å². The molecule has 0 saturated heterocycles. The molecule has 7 nitrogen and oxygen atoms in total. The summed E-state index contributed by atoms with van der Waals surface area (Å²) in [5.41, 5.74) is 11.4. The van der Waals surface area contributed by atoms with Gasteiger partial charge in [0.05, 0.1) is 5.71 Å². The van der Waals surface area contributed by atoms with Gasteiger partial charge in [0.15, 0.2) is 16.7 Å². The number of rotatable bonds is 4. The molecular weight excluding hydrogens is 388 g/mol. The third-order valence-corrected chi connectivity index (χ3v) is 4.92. The minimum atomic E-state index is -0.378. The van der Waals surface area contributed by atoms with E-state index in [1.54, 1.807) is 24.3 Å². The monoisotopic (exact) mass is 412 g/mol. The Hall–Kier alpha value is -3.00. The molecule has 1 aliphatic carbocycles. The number of carbonyl (C=O) groups is 2. The summed E-state index contributed by atoms with van der Waals surface area (Å²) in [6.07, 6.45) is 1.38. The molecule has 3 rings (SSSR count). The fourth-order valence-corrected chi connectivity index (χ4v) is 3.60. The number of nitrogens with one attached hydrogen (secondary N) is 2. The van der Waals surface area contributed by atoms with Crippen molar-refractivity contribution in [1.29, 1.82) is 0 Å². The highest BCUT2D eigenvalue weighted by atomic mass is 32.1. The Morgan fingerprint density at radius 1 is 1.28 bits per heavy atom. The van der Waals surface area contributed by atoms with Gasteiger partial charge in [-0.2, -0.15) is 5.10 Å². The number of furan rings is 1. The van der Waals surface area contributed by atoms with E-state index in [9.17, 15) is 9.59 Å². The van der Waals surface area contributed by atoms with E-state index >= 15 is 0 Å². The topological polar surface area (TPSA) is 110 Å². The molecule has 1 heterocycles. The van der Waals surface area contributed by atoms with Gasteiger partial charge in [-0.3, -0.25) is 15.0 Å². The molecule has 0 radical (unpaired) electrons. The summed E-state index contributed by atoms with van der Waals surface area (Å²) in [4.78, 5) is 24.5. The van der Waals surface area contributed by atoms with Crippen molar-refractivity contribution < 1.29 is 14.0 Å². The number of carbonyl (C=O) groups excluding carboxylic acids is 2. The number of hydrogen-bond donors (Lipinski definition) is 3. The first-order chi connectivity index (χ1) is 13.6. The normalized spacial score (nSPS) is 16.2. The molecule has 2 aromatic rings. The largest absolute Gasteiger partial charge is 0.455 e. The molecule has 0 unspecified atom stereocenters. The highest BCUT2D eigenvalue weighted by Crippen LogP contribution is 2.39. The maximum absolute atomic E-state index is 12.9. The van der Waals surface area contributed by atoms with Crippen molar-refractivity contribution in [3.63, 3.8) is 0 Å². The molecule has 4 N–H and O–H groups in total. The lowest BCUT2D eigenvalue weighted by Gasteiger charge is -2.29. The number of Topliss-reactive ketones (excluding diaryl/α,β-unsaturated/α-hetero) is 1. The third-order valence-electron chi connectivity index (χ3n) is 4.83. The number of benzene rings is 1. The van der Waals surface area contributed by atoms with Crippen molar-refractivity contribution >= 4 is 40.4 Å². The zero-order valence-corrected chi connectivity index (χ0v) is 17.7. The lowest BCUT2D eigenvalue weighted by molar-refractivity contribution is 0.0989. The number of hydrogen-bond acceptors (Lipinski definition) is 5. The summed E-state index contributed by atoms with van der Waals surface area (Å²) in [5.74, 6) is 0.491. The van der Waals surface area contributed by atoms with E-state index in [1.807, 2.05) is 6.92 Å². The zero-order chi connectivity index (χ0) is 21.3. The number of thiocarbonyl (C=S) groups is 1. The smallest absolute Gasteiger partial charge is 0.291 e. The highest BCUT2D eigenvalue weighted by Gasteiger charge is 2.36. The van der Waals surface area contributed by atoms with E-state index in [-0.39, 0.29) is 28.0 Å². The first kappa shape index (κ1) is 20.7. The summed E-state index contributed by atoms with van der Waals surface area (Å²) in [6.45, 7) is 7.53. The van der Waals surface area contributed by atoms with Gasteiger partial charge in [0.2, 0.25) is 0 Å². The van der Waals surface area contributed by atoms with Crippen LogP contribution in [-0.2, 0) is 6.42 Å². The number of hydrazone groups is 1. The van der Waals surface area contributed by atoms with Gasteiger partial charge in [0, 0.05) is 28.8 Å². The van der Waals surface area contributed by atoms with Crippen LogP contribution in [0.2, 0.25) is 0 Å². The SMILES string of the molecule is CC(=O)c1cccc(NC(=O)c2oc3c(c2C)/C(=N\NC(N)=S)CC(C)(C)C3)c1. The molecule has 0 aliphatic heterocycles. The molecule has 0 fully saturated rings. The second kappa shape index (κ2) is 7.79. The summed E-state index contributed by atoms with van der Waals surface area (Å²) >= 11 is 4.85. The maximum Gasteiger partial charge on any atom is 0.291 e. The lowest BCUT2D eigenvalue weighted by Crippen LogP contribution is -2.31. The Morgan fingerprint density at radius 2 is 2.00 bits per heavy atom. The standard InChI is InChI=1S/C21H24N4O3S/c1-11-17-15(24-25-20(22)29)9-21(3,4)10-16(17)28-18(11)19(27)23-14-7-5-6-13(8-14)12(2)26/h5-8H,9-10H2,1-4H3,(H,23,27)(H3,22,25,29)/b24-15-. The highest BCUT2D eigenvalue weighted by molar-refractivity contribution is 7.80. The molecular formula is C21H24N4O3S. The van der Waals surface area contributed by atoms with Crippen LogP contribution in [-0.4, -0.2) is 22.5 Å². The van der Waals surface area contributed by atoms with E-state index in [1.165, 1.54) is 6.92 Å². The summed E-state index contributed by atoms with van der Waals surface area (Å²) < 4.78 is 5.97. The maximum atomic E-state index is 12.9. The minimum absolute atomic E-state index is 0.0702. The molecule has 152 valence electrons. The first-order valence-corrected chi connectivity index (χ1v) is 9.65. The fraction of sp³-hybridized carbons (Fsp3) is 0.333. The van der Waals surface area contributed by atoms with Crippen LogP contribution >= 0.6 is 12.2 Å². The van der Waals surface area contributed by atoms with E-state index in [4.69, 9.17) is 22.4 Å². The Kier molecular flexibility index (Phi) is 5.57. The molecule has 1 aliphatic rings. The van der Waals surface area contributed by atoms with Gasteiger partial charge in [-0.25, -0.2) is 0 Å². The first-order valence-electron chi connectivity index (χ1n) is 9.24. The molecule has 1 aromatic carbocycles. The quantitative estimate of drug-likeness (QED) is 0.402. The third kappa shape index (κ3) is 4.54. The van der Waals surface area contributed by atoms with Crippen molar-refractivity contribution in [1.82, 2.24) is 5.43 Å². The molecule has 0 atom stereocenters. The summed E-state index contributed by atoms with van der Waals surface area (Å²) in [5, 5.41) is 7.22. The van der Waals surface area contributed by atoms with Crippen molar-refractivity contribution in [2.75, 3.05) is 5.32 Å². The zero-order valence-electron chi connectivity index (χ0n) is 16.9. The number of ketones is 1. The predicted molar refractivity (Wildman–Crippen MR) is 116 cm³/mol. The average molecular weight is 413 g/mol. The molecule has 1 amide bonds.